The number of carbonyl (C=O) groups is 1. The highest BCUT2D eigenvalue weighted by atomic mass is 32.1. The topological polar surface area (TPSA) is 58.4 Å². The Bertz CT molecular complexity index is 387. The van der Waals surface area contributed by atoms with Gasteiger partial charge in [-0.05, 0) is 41.1 Å². The van der Waals surface area contributed by atoms with Crippen LogP contribution in [0.2, 0.25) is 0 Å². The summed E-state index contributed by atoms with van der Waals surface area (Å²) in [5.41, 5.74) is 3.59. The van der Waals surface area contributed by atoms with E-state index >= 15 is 0 Å². The molecule has 1 unspecified atom stereocenters. The Hall–Kier alpha value is -0.910. The molecule has 1 saturated carbocycles. The van der Waals surface area contributed by atoms with Crippen LogP contribution in [0.15, 0.2) is 16.8 Å². The summed E-state index contributed by atoms with van der Waals surface area (Å²) in [6.45, 7) is 4.98. The third kappa shape index (κ3) is 3.10. The van der Waals surface area contributed by atoms with E-state index < -0.39 is 0 Å². The Kier molecular flexibility index (Phi) is 4.37. The van der Waals surface area contributed by atoms with Gasteiger partial charge in [-0.2, -0.15) is 11.3 Å². The van der Waals surface area contributed by atoms with Gasteiger partial charge >= 0.3 is 0 Å². The average molecular weight is 267 g/mol. The van der Waals surface area contributed by atoms with Crippen molar-refractivity contribution in [2.45, 2.75) is 45.3 Å². The number of thiophene rings is 1. The Morgan fingerprint density at radius 3 is 2.78 bits per heavy atom. The monoisotopic (exact) mass is 267 g/mol. The van der Waals surface area contributed by atoms with Gasteiger partial charge in [0.05, 0.1) is 6.04 Å². The summed E-state index contributed by atoms with van der Waals surface area (Å²) >= 11 is 1.70. The van der Waals surface area contributed by atoms with Gasteiger partial charge < -0.3 is 0 Å². The predicted octanol–water partition coefficient (Wildman–Crippen LogP) is 1.73. The number of nitrogens with two attached hydrogens (primary N) is 1. The lowest BCUT2D eigenvalue weighted by atomic mass is 10.0. The van der Waals surface area contributed by atoms with E-state index in [4.69, 9.17) is 5.84 Å². The van der Waals surface area contributed by atoms with E-state index in [1.165, 1.54) is 18.4 Å². The molecule has 0 saturated heterocycles. The van der Waals surface area contributed by atoms with Crippen LogP contribution in [0.5, 0.6) is 0 Å². The van der Waals surface area contributed by atoms with Crippen molar-refractivity contribution in [3.63, 3.8) is 0 Å². The van der Waals surface area contributed by atoms with Crippen molar-refractivity contribution < 1.29 is 4.79 Å². The van der Waals surface area contributed by atoms with E-state index in [2.05, 4.69) is 41.0 Å². The number of rotatable bonds is 6. The Labute approximate surface area is 112 Å². The molecule has 1 aliphatic carbocycles. The second-order valence-electron chi connectivity index (χ2n) is 5.23. The van der Waals surface area contributed by atoms with Crippen LogP contribution in [0.25, 0.3) is 0 Å². The fraction of sp³-hybridized carbons (Fsp3) is 0.615. The maximum Gasteiger partial charge on any atom is 0.251 e. The van der Waals surface area contributed by atoms with Gasteiger partial charge in [0.1, 0.15) is 0 Å². The second-order valence-corrected chi connectivity index (χ2v) is 6.01. The molecule has 100 valence electrons. The zero-order valence-corrected chi connectivity index (χ0v) is 11.7. The lowest BCUT2D eigenvalue weighted by molar-refractivity contribution is -0.128. The summed E-state index contributed by atoms with van der Waals surface area (Å²) in [5, 5.41) is 4.22. The van der Waals surface area contributed by atoms with E-state index in [0.29, 0.717) is 6.04 Å². The number of hydrazine groups is 1. The summed E-state index contributed by atoms with van der Waals surface area (Å²) in [7, 11) is 0. The van der Waals surface area contributed by atoms with Crippen LogP contribution >= 0.6 is 11.3 Å². The summed E-state index contributed by atoms with van der Waals surface area (Å²) in [6.07, 6.45) is 2.37. The van der Waals surface area contributed by atoms with Gasteiger partial charge in [-0.25, -0.2) is 5.84 Å². The lowest BCUT2D eigenvalue weighted by Crippen LogP contribution is -2.52. The van der Waals surface area contributed by atoms with E-state index in [-0.39, 0.29) is 17.9 Å². The van der Waals surface area contributed by atoms with Crippen LogP contribution in [-0.4, -0.2) is 22.9 Å². The van der Waals surface area contributed by atoms with Gasteiger partial charge in [0, 0.05) is 12.6 Å². The van der Waals surface area contributed by atoms with Crippen LogP contribution in [0.3, 0.4) is 0 Å². The van der Waals surface area contributed by atoms with Crippen molar-refractivity contribution >= 4 is 17.2 Å². The number of nitrogens with one attached hydrogen (secondary N) is 1. The van der Waals surface area contributed by atoms with Crippen molar-refractivity contribution in [3.8, 4) is 0 Å². The molecular formula is C13H21N3OS. The SMILES string of the molecule is CC(C)C(C(=O)NN)N(Cc1ccsc1)C1CC1. The summed E-state index contributed by atoms with van der Waals surface area (Å²) in [6, 6.07) is 2.52. The first kappa shape index (κ1) is 13.5. The van der Waals surface area contributed by atoms with Crippen LogP contribution in [-0.2, 0) is 11.3 Å². The minimum absolute atomic E-state index is 0.0767. The molecule has 0 radical (unpaired) electrons. The molecule has 1 fully saturated rings. The lowest BCUT2D eigenvalue weighted by Gasteiger charge is -2.32. The maximum atomic E-state index is 12.0. The van der Waals surface area contributed by atoms with Crippen LogP contribution in [0.1, 0.15) is 32.3 Å². The number of hydrogen-bond acceptors (Lipinski definition) is 4. The van der Waals surface area contributed by atoms with Crippen molar-refractivity contribution in [1.82, 2.24) is 10.3 Å². The molecule has 0 aromatic carbocycles. The summed E-state index contributed by atoms with van der Waals surface area (Å²) in [5.74, 6) is 5.50. The molecule has 1 aliphatic rings. The standard InChI is InChI=1S/C13H21N3OS/c1-9(2)12(13(17)15-14)16(11-3-4-11)7-10-5-6-18-8-10/h5-6,8-9,11-12H,3-4,7,14H2,1-2H3,(H,15,17). The van der Waals surface area contributed by atoms with Crippen molar-refractivity contribution in [3.05, 3.63) is 22.4 Å². The Morgan fingerprint density at radius 2 is 2.33 bits per heavy atom. The zero-order chi connectivity index (χ0) is 13.1. The summed E-state index contributed by atoms with van der Waals surface area (Å²) < 4.78 is 0. The zero-order valence-electron chi connectivity index (χ0n) is 10.9. The quantitative estimate of drug-likeness (QED) is 0.469. The third-order valence-electron chi connectivity index (χ3n) is 3.36. The van der Waals surface area contributed by atoms with Gasteiger partial charge in [-0.15, -0.1) is 0 Å². The molecule has 3 N–H and O–H groups in total. The Morgan fingerprint density at radius 1 is 1.61 bits per heavy atom. The van der Waals surface area contributed by atoms with Crippen LogP contribution in [0.4, 0.5) is 0 Å². The van der Waals surface area contributed by atoms with Gasteiger partial charge in [0.25, 0.3) is 5.91 Å². The van der Waals surface area contributed by atoms with Crippen molar-refractivity contribution in [1.29, 1.82) is 0 Å². The highest BCUT2D eigenvalue weighted by molar-refractivity contribution is 7.07. The predicted molar refractivity (Wildman–Crippen MR) is 73.8 cm³/mol. The van der Waals surface area contributed by atoms with E-state index in [9.17, 15) is 4.79 Å². The highest BCUT2D eigenvalue weighted by Gasteiger charge is 2.38. The van der Waals surface area contributed by atoms with Gasteiger partial charge in [0.15, 0.2) is 0 Å². The molecule has 1 atom stereocenters. The van der Waals surface area contributed by atoms with Gasteiger partial charge in [0.2, 0.25) is 0 Å². The molecule has 18 heavy (non-hydrogen) atoms. The molecule has 0 spiro atoms. The summed E-state index contributed by atoms with van der Waals surface area (Å²) in [4.78, 5) is 14.3. The molecule has 1 aromatic rings. The smallest absolute Gasteiger partial charge is 0.251 e. The molecule has 0 bridgehead atoms. The Balaban J connectivity index is 2.14. The molecular weight excluding hydrogens is 246 g/mol. The number of nitrogens with zero attached hydrogens (tertiary/aromatic N) is 1. The first-order valence-corrected chi connectivity index (χ1v) is 7.35. The van der Waals surface area contributed by atoms with Gasteiger partial charge in [-0.1, -0.05) is 13.8 Å². The van der Waals surface area contributed by atoms with Crippen LogP contribution in [0, 0.1) is 5.92 Å². The largest absolute Gasteiger partial charge is 0.293 e. The second kappa shape index (κ2) is 5.82. The molecule has 1 amide bonds. The molecule has 5 heteroatoms. The number of hydrogen-bond donors (Lipinski definition) is 2. The van der Waals surface area contributed by atoms with Gasteiger partial charge in [-0.3, -0.25) is 15.1 Å². The maximum absolute atomic E-state index is 12.0. The first-order chi connectivity index (χ1) is 8.63. The van der Waals surface area contributed by atoms with Crippen molar-refractivity contribution in [2.75, 3.05) is 0 Å². The fourth-order valence-electron chi connectivity index (χ4n) is 2.38. The van der Waals surface area contributed by atoms with E-state index in [1.54, 1.807) is 11.3 Å². The van der Waals surface area contributed by atoms with E-state index in [1.807, 2.05) is 0 Å². The third-order valence-corrected chi connectivity index (χ3v) is 4.09. The number of amides is 1. The van der Waals surface area contributed by atoms with E-state index in [0.717, 1.165) is 6.54 Å². The minimum atomic E-state index is -0.137. The number of carbonyl (C=O) groups excluding carboxylic acids is 1. The molecule has 0 aliphatic heterocycles. The molecule has 2 rings (SSSR count). The minimum Gasteiger partial charge on any atom is -0.293 e. The fourth-order valence-corrected chi connectivity index (χ4v) is 3.04. The molecule has 1 heterocycles. The van der Waals surface area contributed by atoms with Crippen LogP contribution < -0.4 is 11.3 Å². The first-order valence-electron chi connectivity index (χ1n) is 6.40. The average Bonchev–Trinajstić information content (AvgIpc) is 3.06. The normalized spacial score (nSPS) is 17.2. The molecule has 4 nitrogen and oxygen atoms in total. The molecule has 1 aromatic heterocycles. The van der Waals surface area contributed by atoms with Crippen molar-refractivity contribution in [2.24, 2.45) is 11.8 Å². The highest BCUT2D eigenvalue weighted by Crippen LogP contribution is 2.32.